The van der Waals surface area contributed by atoms with Crippen LogP contribution in [-0.4, -0.2) is 66.0 Å². The molecule has 1 aromatic carbocycles. The van der Waals surface area contributed by atoms with Crippen molar-refractivity contribution in [3.05, 3.63) is 27.8 Å². The molecule has 1 aliphatic rings. The first-order chi connectivity index (χ1) is 16.5. The number of aromatic amines is 1. The molecule has 190 valence electrons. The van der Waals surface area contributed by atoms with E-state index in [1.807, 2.05) is 0 Å². The van der Waals surface area contributed by atoms with Gasteiger partial charge in [-0.1, -0.05) is 11.6 Å². The molecule has 1 aromatic heterocycles. The quantitative estimate of drug-likeness (QED) is 0.376. The Bertz CT molecular complexity index is 1140. The summed E-state index contributed by atoms with van der Waals surface area (Å²) in [5.41, 5.74) is 0.672. The van der Waals surface area contributed by atoms with Crippen LogP contribution in [0.15, 0.2) is 22.8 Å². The van der Waals surface area contributed by atoms with Crippen molar-refractivity contribution in [1.82, 2.24) is 10.3 Å². The van der Waals surface area contributed by atoms with Crippen LogP contribution in [0, 0.1) is 0 Å². The highest BCUT2D eigenvalue weighted by Crippen LogP contribution is 2.38. The first-order valence-corrected chi connectivity index (χ1v) is 11.7. The number of esters is 3. The van der Waals surface area contributed by atoms with Crippen molar-refractivity contribution in [2.24, 2.45) is 0 Å². The molecule has 1 aliphatic heterocycles. The average molecular weight is 576 g/mol. The van der Waals surface area contributed by atoms with E-state index in [0.717, 1.165) is 6.92 Å². The highest BCUT2D eigenvalue weighted by molar-refractivity contribution is 9.10. The van der Waals surface area contributed by atoms with Crippen molar-refractivity contribution in [3.8, 4) is 5.75 Å². The van der Waals surface area contributed by atoms with Gasteiger partial charge in [0.05, 0.1) is 15.9 Å². The van der Waals surface area contributed by atoms with E-state index >= 15 is 0 Å². The van der Waals surface area contributed by atoms with Gasteiger partial charge < -0.3 is 34.0 Å². The summed E-state index contributed by atoms with van der Waals surface area (Å²) in [5, 5.41) is 3.55. The van der Waals surface area contributed by atoms with Crippen molar-refractivity contribution >= 4 is 62.2 Å². The van der Waals surface area contributed by atoms with Gasteiger partial charge in [-0.05, 0) is 28.1 Å². The standard InChI is InChI=1S/C22H24BrClN2O9/c1-9(27)26-19-21(33-12(4)30)20(32-11(3)29)16(8-31-10(2)28)35-22(19)34-15-7-25-14-6-5-13(23)18(24)17(14)15/h5-7,16,19-22,25H,8H2,1-4H3,(H,26,27)/t16-,19-,20+,21-,22?/m1/s1. The smallest absolute Gasteiger partial charge is 0.303 e. The Morgan fingerprint density at radius 2 is 1.71 bits per heavy atom. The lowest BCUT2D eigenvalue weighted by molar-refractivity contribution is -0.256. The fraction of sp³-hybridized carbons (Fsp3) is 0.455. The van der Waals surface area contributed by atoms with Crippen molar-refractivity contribution in [2.75, 3.05) is 6.61 Å². The summed E-state index contributed by atoms with van der Waals surface area (Å²) in [6, 6.07) is 2.44. The van der Waals surface area contributed by atoms with Crippen LogP contribution in [0.5, 0.6) is 5.75 Å². The lowest BCUT2D eigenvalue weighted by Gasteiger charge is -2.44. The number of fused-ring (bicyclic) bond motifs is 1. The third kappa shape index (κ3) is 6.44. The van der Waals surface area contributed by atoms with Crippen LogP contribution in [0.1, 0.15) is 27.7 Å². The number of carbonyl (C=O) groups excluding carboxylic acids is 4. The fourth-order valence-electron chi connectivity index (χ4n) is 3.74. The van der Waals surface area contributed by atoms with E-state index in [1.165, 1.54) is 20.8 Å². The Labute approximate surface area is 213 Å². The fourth-order valence-corrected chi connectivity index (χ4v) is 4.33. The molecule has 1 unspecified atom stereocenters. The molecular formula is C22H24BrClN2O9. The van der Waals surface area contributed by atoms with Gasteiger partial charge in [0.15, 0.2) is 12.2 Å². The van der Waals surface area contributed by atoms with Gasteiger partial charge in [-0.2, -0.15) is 0 Å². The second-order valence-electron chi connectivity index (χ2n) is 7.77. The number of hydrogen-bond donors (Lipinski definition) is 2. The van der Waals surface area contributed by atoms with Crippen LogP contribution >= 0.6 is 27.5 Å². The van der Waals surface area contributed by atoms with Crippen LogP contribution in [0.2, 0.25) is 5.02 Å². The molecule has 13 heteroatoms. The van der Waals surface area contributed by atoms with Crippen molar-refractivity contribution in [2.45, 2.75) is 58.3 Å². The number of rotatable bonds is 7. The predicted octanol–water partition coefficient (Wildman–Crippen LogP) is 2.62. The van der Waals surface area contributed by atoms with Gasteiger partial charge in [0.25, 0.3) is 0 Å². The minimum Gasteiger partial charge on any atom is -0.463 e. The number of ether oxygens (including phenoxy) is 5. The number of carbonyl (C=O) groups is 4. The summed E-state index contributed by atoms with van der Waals surface area (Å²) in [4.78, 5) is 50.3. The molecule has 5 atom stereocenters. The molecule has 0 bridgehead atoms. The summed E-state index contributed by atoms with van der Waals surface area (Å²) in [7, 11) is 0. The van der Waals surface area contributed by atoms with Gasteiger partial charge in [-0.25, -0.2) is 0 Å². The van der Waals surface area contributed by atoms with Crippen LogP contribution in [0.25, 0.3) is 10.9 Å². The van der Waals surface area contributed by atoms with Crippen molar-refractivity contribution in [1.29, 1.82) is 0 Å². The monoisotopic (exact) mass is 574 g/mol. The zero-order chi connectivity index (χ0) is 25.9. The SMILES string of the molecule is CC(=O)N[C@H]1C(Oc2c[nH]c3ccc(Br)c(Cl)c23)O[C@H](COC(C)=O)[C@H](OC(C)=O)[C@@H]1OC(C)=O. The zero-order valence-corrected chi connectivity index (χ0v) is 21.6. The van der Waals surface area contributed by atoms with Gasteiger partial charge in [0.2, 0.25) is 12.2 Å². The van der Waals surface area contributed by atoms with Gasteiger partial charge >= 0.3 is 17.9 Å². The number of amides is 1. The van der Waals surface area contributed by atoms with E-state index in [4.69, 9.17) is 35.3 Å². The first-order valence-electron chi connectivity index (χ1n) is 10.5. The minimum atomic E-state index is -1.26. The lowest BCUT2D eigenvalue weighted by atomic mass is 9.96. The van der Waals surface area contributed by atoms with Crippen LogP contribution < -0.4 is 10.1 Å². The number of aromatic nitrogens is 1. The molecule has 0 radical (unpaired) electrons. The van der Waals surface area contributed by atoms with E-state index in [2.05, 4.69) is 26.2 Å². The van der Waals surface area contributed by atoms with Crippen molar-refractivity contribution < 1.29 is 42.9 Å². The summed E-state index contributed by atoms with van der Waals surface area (Å²) in [6.45, 7) is 4.45. The Balaban J connectivity index is 2.05. The molecule has 1 saturated heterocycles. The molecule has 0 aliphatic carbocycles. The number of nitrogens with one attached hydrogen (secondary N) is 2. The van der Waals surface area contributed by atoms with E-state index in [-0.39, 0.29) is 12.4 Å². The number of halogens is 2. The minimum absolute atomic E-state index is 0.283. The topological polar surface area (TPSA) is 142 Å². The molecular weight excluding hydrogens is 552 g/mol. The van der Waals surface area contributed by atoms with Gasteiger partial charge in [-0.15, -0.1) is 0 Å². The molecule has 2 aromatic rings. The summed E-state index contributed by atoms with van der Waals surface area (Å²) >= 11 is 9.83. The van der Waals surface area contributed by atoms with Crippen molar-refractivity contribution in [3.63, 3.8) is 0 Å². The van der Waals surface area contributed by atoms with Gasteiger partial charge in [0, 0.05) is 38.4 Å². The molecule has 0 saturated carbocycles. The predicted molar refractivity (Wildman–Crippen MR) is 126 cm³/mol. The summed E-state index contributed by atoms with van der Waals surface area (Å²) in [6.07, 6.45) is -3.24. The first kappa shape index (κ1) is 26.8. The largest absolute Gasteiger partial charge is 0.463 e. The van der Waals surface area contributed by atoms with Crippen LogP contribution in [0.3, 0.4) is 0 Å². The molecule has 0 spiro atoms. The third-order valence-electron chi connectivity index (χ3n) is 5.01. The normalized spacial score (nSPS) is 23.9. The number of hydrogen-bond acceptors (Lipinski definition) is 9. The molecule has 35 heavy (non-hydrogen) atoms. The maximum atomic E-state index is 12.1. The molecule has 2 N–H and O–H groups in total. The van der Waals surface area contributed by atoms with E-state index in [0.29, 0.717) is 20.4 Å². The van der Waals surface area contributed by atoms with Gasteiger partial charge in [-0.3, -0.25) is 19.2 Å². The highest BCUT2D eigenvalue weighted by Gasteiger charge is 2.52. The number of H-pyrrole nitrogens is 1. The van der Waals surface area contributed by atoms with E-state index in [1.54, 1.807) is 18.3 Å². The third-order valence-corrected chi connectivity index (χ3v) is 6.30. The Morgan fingerprint density at radius 3 is 2.31 bits per heavy atom. The average Bonchev–Trinajstić information content (AvgIpc) is 3.16. The van der Waals surface area contributed by atoms with E-state index < -0.39 is 54.5 Å². The molecule has 2 heterocycles. The molecule has 1 fully saturated rings. The summed E-state index contributed by atoms with van der Waals surface area (Å²) < 4.78 is 28.7. The highest BCUT2D eigenvalue weighted by atomic mass is 79.9. The second kappa shape index (κ2) is 11.3. The Morgan fingerprint density at radius 1 is 1.06 bits per heavy atom. The maximum absolute atomic E-state index is 12.1. The number of benzene rings is 1. The van der Waals surface area contributed by atoms with Crippen LogP contribution in [0.4, 0.5) is 0 Å². The summed E-state index contributed by atoms with van der Waals surface area (Å²) in [5.74, 6) is -2.20. The zero-order valence-electron chi connectivity index (χ0n) is 19.3. The Hall–Kier alpha value is -2.83. The lowest BCUT2D eigenvalue weighted by Crippen LogP contribution is -2.67. The van der Waals surface area contributed by atoms with E-state index in [9.17, 15) is 19.2 Å². The molecule has 11 nitrogen and oxygen atoms in total. The van der Waals surface area contributed by atoms with Gasteiger partial charge in [0.1, 0.15) is 24.5 Å². The van der Waals surface area contributed by atoms with Crippen LogP contribution in [-0.2, 0) is 38.1 Å². The second-order valence-corrected chi connectivity index (χ2v) is 9.01. The Kier molecular flexibility index (Phi) is 8.62. The molecule has 3 rings (SSSR count). The molecule has 1 amide bonds. The maximum Gasteiger partial charge on any atom is 0.303 e.